The zero-order chi connectivity index (χ0) is 13.8. The van der Waals surface area contributed by atoms with Crippen LogP contribution in [0.25, 0.3) is 17.0 Å². The predicted octanol–water partition coefficient (Wildman–Crippen LogP) is 4.37. The number of likely N-dealkylation sites (N-methyl/N-ethyl adjacent to an activating group) is 1. The summed E-state index contributed by atoms with van der Waals surface area (Å²) in [6, 6.07) is 12.8. The molecule has 0 saturated heterocycles. The number of fused-ring (bicyclic) bond motifs is 1. The Morgan fingerprint density at radius 1 is 1.20 bits per heavy atom. The van der Waals surface area contributed by atoms with E-state index in [0.717, 1.165) is 13.1 Å². The summed E-state index contributed by atoms with van der Waals surface area (Å²) in [4.78, 5) is 6.96. The number of hydrogen-bond donors (Lipinski definition) is 1. The Labute approximate surface area is 123 Å². The van der Waals surface area contributed by atoms with Crippen LogP contribution >= 0.6 is 11.3 Å². The number of nitrogens with one attached hydrogen (secondary N) is 1. The third-order valence-electron chi connectivity index (χ3n) is 3.36. The number of H-pyrrole nitrogens is 1. The van der Waals surface area contributed by atoms with Gasteiger partial charge in [-0.25, -0.2) is 0 Å². The summed E-state index contributed by atoms with van der Waals surface area (Å²) in [6.45, 7) is 1.90. The van der Waals surface area contributed by atoms with Gasteiger partial charge >= 0.3 is 0 Å². The summed E-state index contributed by atoms with van der Waals surface area (Å²) in [5, 5.41) is 3.39. The minimum absolute atomic E-state index is 0.951. The van der Waals surface area contributed by atoms with Crippen LogP contribution in [0.1, 0.15) is 10.4 Å². The van der Waals surface area contributed by atoms with Crippen LogP contribution < -0.4 is 0 Å². The number of thiophene rings is 1. The van der Waals surface area contributed by atoms with Gasteiger partial charge in [-0.1, -0.05) is 30.3 Å². The maximum atomic E-state index is 3.33. The molecule has 1 N–H and O–H groups in total. The van der Waals surface area contributed by atoms with Gasteiger partial charge in [0.2, 0.25) is 0 Å². The van der Waals surface area contributed by atoms with Crippen LogP contribution in [0.5, 0.6) is 0 Å². The van der Waals surface area contributed by atoms with Crippen LogP contribution in [-0.2, 0) is 6.54 Å². The summed E-state index contributed by atoms with van der Waals surface area (Å²) in [5.74, 6) is 0. The summed E-state index contributed by atoms with van der Waals surface area (Å²) >= 11 is 1.77. The molecule has 0 fully saturated rings. The topological polar surface area (TPSA) is 19.0 Å². The molecule has 0 atom stereocenters. The van der Waals surface area contributed by atoms with Crippen molar-refractivity contribution in [1.29, 1.82) is 0 Å². The first kappa shape index (κ1) is 13.2. The maximum Gasteiger partial charge on any atom is 0.0499 e. The van der Waals surface area contributed by atoms with Crippen LogP contribution in [0.15, 0.2) is 54.1 Å². The van der Waals surface area contributed by atoms with E-state index in [4.69, 9.17) is 0 Å². The lowest BCUT2D eigenvalue weighted by molar-refractivity contribution is 0.365. The molecule has 2 heterocycles. The minimum Gasteiger partial charge on any atom is -0.361 e. The highest BCUT2D eigenvalue weighted by Crippen LogP contribution is 2.18. The van der Waals surface area contributed by atoms with Gasteiger partial charge in [0, 0.05) is 29.7 Å². The van der Waals surface area contributed by atoms with Gasteiger partial charge in [-0.3, -0.25) is 4.90 Å². The average molecular weight is 282 g/mol. The molecule has 3 rings (SSSR count). The van der Waals surface area contributed by atoms with E-state index in [1.165, 1.54) is 21.3 Å². The van der Waals surface area contributed by atoms with Gasteiger partial charge in [-0.05, 0) is 41.6 Å². The zero-order valence-corrected chi connectivity index (χ0v) is 12.4. The highest BCUT2D eigenvalue weighted by atomic mass is 32.1. The van der Waals surface area contributed by atoms with Crippen LogP contribution in [0.4, 0.5) is 0 Å². The van der Waals surface area contributed by atoms with E-state index in [-0.39, 0.29) is 0 Å². The smallest absolute Gasteiger partial charge is 0.0499 e. The van der Waals surface area contributed by atoms with E-state index in [0.29, 0.717) is 0 Å². The Bertz CT molecular complexity index is 695. The Balaban J connectivity index is 1.64. The third-order valence-corrected chi connectivity index (χ3v) is 4.19. The molecule has 2 aromatic heterocycles. The highest BCUT2D eigenvalue weighted by molar-refractivity contribution is 7.10. The Kier molecular flexibility index (Phi) is 4.00. The molecule has 0 saturated carbocycles. The van der Waals surface area contributed by atoms with Crippen molar-refractivity contribution in [3.63, 3.8) is 0 Å². The molecule has 102 valence electrons. The van der Waals surface area contributed by atoms with Crippen LogP contribution in [0.3, 0.4) is 0 Å². The monoisotopic (exact) mass is 282 g/mol. The molecule has 2 nitrogen and oxygen atoms in total. The van der Waals surface area contributed by atoms with Gasteiger partial charge in [0.05, 0.1) is 0 Å². The molecule has 0 spiro atoms. The highest BCUT2D eigenvalue weighted by Gasteiger charge is 2.04. The fourth-order valence-corrected chi connectivity index (χ4v) is 3.02. The van der Waals surface area contributed by atoms with E-state index in [2.05, 4.69) is 70.9 Å². The second-order valence-electron chi connectivity index (χ2n) is 4.97. The van der Waals surface area contributed by atoms with Gasteiger partial charge in [0.25, 0.3) is 0 Å². The third kappa shape index (κ3) is 3.00. The van der Waals surface area contributed by atoms with E-state index in [1.54, 1.807) is 11.3 Å². The van der Waals surface area contributed by atoms with Crippen molar-refractivity contribution in [3.05, 3.63) is 64.5 Å². The van der Waals surface area contributed by atoms with Crippen LogP contribution in [-0.4, -0.2) is 23.5 Å². The van der Waals surface area contributed by atoms with Crippen molar-refractivity contribution in [2.45, 2.75) is 6.54 Å². The fraction of sp³-hybridized carbons (Fsp3) is 0.176. The number of aromatic nitrogens is 1. The normalized spacial score (nSPS) is 11.9. The molecule has 20 heavy (non-hydrogen) atoms. The van der Waals surface area contributed by atoms with E-state index in [9.17, 15) is 0 Å². The van der Waals surface area contributed by atoms with E-state index < -0.39 is 0 Å². The second-order valence-corrected chi connectivity index (χ2v) is 5.95. The second kappa shape index (κ2) is 6.07. The van der Waals surface area contributed by atoms with E-state index >= 15 is 0 Å². The number of benzene rings is 1. The lowest BCUT2D eigenvalue weighted by Gasteiger charge is -2.15. The molecule has 0 radical (unpaired) electrons. The molecule has 0 amide bonds. The Hall–Kier alpha value is -1.84. The number of rotatable bonds is 5. The number of para-hydroxylation sites is 1. The van der Waals surface area contributed by atoms with Gasteiger partial charge in [-0.15, -0.1) is 11.3 Å². The molecule has 3 aromatic rings. The lowest BCUT2D eigenvalue weighted by Crippen LogP contribution is -2.17. The summed E-state index contributed by atoms with van der Waals surface area (Å²) in [7, 11) is 2.15. The Morgan fingerprint density at radius 3 is 3.00 bits per heavy atom. The van der Waals surface area contributed by atoms with Gasteiger partial charge in [0.1, 0.15) is 0 Å². The quantitative estimate of drug-likeness (QED) is 0.736. The van der Waals surface area contributed by atoms with Crippen molar-refractivity contribution in [1.82, 2.24) is 9.88 Å². The molecule has 1 aromatic carbocycles. The molecular weight excluding hydrogens is 264 g/mol. The average Bonchev–Trinajstić information content (AvgIpc) is 3.09. The first-order valence-electron chi connectivity index (χ1n) is 6.76. The van der Waals surface area contributed by atoms with Crippen LogP contribution in [0, 0.1) is 0 Å². The first-order valence-corrected chi connectivity index (χ1v) is 7.64. The van der Waals surface area contributed by atoms with Crippen LogP contribution in [0.2, 0.25) is 0 Å². The fourth-order valence-electron chi connectivity index (χ4n) is 2.37. The molecule has 3 heteroatoms. The van der Waals surface area contributed by atoms with Crippen molar-refractivity contribution >= 4 is 28.3 Å². The minimum atomic E-state index is 0.951. The SMILES string of the molecule is CN(CC=Cc1cccs1)Cc1cccc2cc[nH]c12. The maximum absolute atomic E-state index is 3.33. The molecule has 0 unspecified atom stereocenters. The van der Waals surface area contributed by atoms with Gasteiger partial charge < -0.3 is 4.98 Å². The summed E-state index contributed by atoms with van der Waals surface area (Å²) in [5.41, 5.74) is 2.60. The Morgan fingerprint density at radius 2 is 2.15 bits per heavy atom. The van der Waals surface area contributed by atoms with Crippen molar-refractivity contribution in [2.75, 3.05) is 13.6 Å². The number of aromatic amines is 1. The number of nitrogens with zero attached hydrogens (tertiary/aromatic N) is 1. The standard InChI is InChI=1S/C17H18N2S/c1-19(11-3-7-16-8-4-12-20-16)13-15-6-2-5-14-9-10-18-17(14)15/h2-10,12,18H,11,13H2,1H3. The van der Waals surface area contributed by atoms with Crippen molar-refractivity contribution in [3.8, 4) is 0 Å². The zero-order valence-electron chi connectivity index (χ0n) is 11.5. The van der Waals surface area contributed by atoms with Crippen molar-refractivity contribution < 1.29 is 0 Å². The molecule has 0 aliphatic carbocycles. The lowest BCUT2D eigenvalue weighted by atomic mass is 10.1. The first-order chi connectivity index (χ1) is 9.83. The molecule has 0 aliphatic rings. The molecular formula is C17H18N2S. The molecule has 0 aliphatic heterocycles. The van der Waals surface area contributed by atoms with E-state index in [1.807, 2.05) is 6.20 Å². The number of hydrogen-bond acceptors (Lipinski definition) is 2. The van der Waals surface area contributed by atoms with Gasteiger partial charge in [0.15, 0.2) is 0 Å². The van der Waals surface area contributed by atoms with Crippen molar-refractivity contribution in [2.24, 2.45) is 0 Å². The molecule has 0 bridgehead atoms. The summed E-state index contributed by atoms with van der Waals surface area (Å²) in [6.07, 6.45) is 6.42. The largest absolute Gasteiger partial charge is 0.361 e. The summed E-state index contributed by atoms with van der Waals surface area (Å²) < 4.78 is 0. The van der Waals surface area contributed by atoms with Gasteiger partial charge in [-0.2, -0.15) is 0 Å². The predicted molar refractivity (Wildman–Crippen MR) is 88.0 cm³/mol.